The lowest BCUT2D eigenvalue weighted by Crippen LogP contribution is -2.34. The number of nitrogens with one attached hydrogen (secondary N) is 1. The van der Waals surface area contributed by atoms with Gasteiger partial charge in [0.15, 0.2) is 0 Å². The molecule has 0 spiro atoms. The molecule has 0 heterocycles. The van der Waals surface area contributed by atoms with E-state index >= 15 is 0 Å². The van der Waals surface area contributed by atoms with Crippen molar-refractivity contribution in [3.05, 3.63) is 125 Å². The van der Waals surface area contributed by atoms with Crippen LogP contribution in [0.5, 0.6) is 5.75 Å². The lowest BCUT2D eigenvalue weighted by atomic mass is 10.1. The van der Waals surface area contributed by atoms with E-state index in [9.17, 15) is 13.2 Å². The molecule has 0 bridgehead atoms. The average molecular weight is 581 g/mol. The van der Waals surface area contributed by atoms with Crippen LogP contribution in [-0.4, -0.2) is 33.7 Å². The summed E-state index contributed by atoms with van der Waals surface area (Å²) >= 11 is 7.88. The number of ether oxygens (including phenoxy) is 1. The number of amides is 1. The van der Waals surface area contributed by atoms with E-state index in [1.54, 1.807) is 48.2 Å². The maximum atomic E-state index is 13.9. The minimum absolute atomic E-state index is 0.0627. The van der Waals surface area contributed by atoms with Gasteiger partial charge in [0.25, 0.3) is 15.9 Å². The predicted molar refractivity (Wildman–Crippen MR) is 159 cm³/mol. The van der Waals surface area contributed by atoms with Crippen molar-refractivity contribution < 1.29 is 17.9 Å². The summed E-state index contributed by atoms with van der Waals surface area (Å²) in [6.45, 7) is 0.486. The molecule has 202 valence electrons. The van der Waals surface area contributed by atoms with Gasteiger partial charge in [0, 0.05) is 23.1 Å². The van der Waals surface area contributed by atoms with Crippen LogP contribution in [0, 0.1) is 0 Å². The van der Waals surface area contributed by atoms with E-state index in [4.69, 9.17) is 16.3 Å². The van der Waals surface area contributed by atoms with Crippen LogP contribution in [-0.2, 0) is 22.3 Å². The predicted octanol–water partition coefficient (Wildman–Crippen LogP) is 6.41. The third kappa shape index (κ3) is 7.35. The number of sulfonamides is 1. The summed E-state index contributed by atoms with van der Waals surface area (Å²) in [7, 11) is -2.49. The van der Waals surface area contributed by atoms with Gasteiger partial charge in [-0.15, -0.1) is 0 Å². The zero-order valence-electron chi connectivity index (χ0n) is 21.4. The van der Waals surface area contributed by atoms with Gasteiger partial charge in [-0.1, -0.05) is 72.3 Å². The average Bonchev–Trinajstić information content (AvgIpc) is 2.97. The first-order valence-corrected chi connectivity index (χ1v) is 15.3. The number of rotatable bonds is 12. The van der Waals surface area contributed by atoms with E-state index in [-0.39, 0.29) is 22.9 Å². The molecule has 0 aliphatic carbocycles. The first-order valence-electron chi connectivity index (χ1n) is 12.3. The molecule has 1 amide bonds. The number of methoxy groups -OCH3 is 1. The maximum absolute atomic E-state index is 13.9. The van der Waals surface area contributed by atoms with Crippen LogP contribution >= 0.6 is 23.4 Å². The van der Waals surface area contributed by atoms with E-state index in [0.29, 0.717) is 23.7 Å². The van der Waals surface area contributed by atoms with E-state index in [0.717, 1.165) is 21.9 Å². The van der Waals surface area contributed by atoms with Gasteiger partial charge >= 0.3 is 0 Å². The van der Waals surface area contributed by atoms with Crippen LogP contribution in [0.25, 0.3) is 0 Å². The van der Waals surface area contributed by atoms with Crippen molar-refractivity contribution in [3.63, 3.8) is 0 Å². The largest absolute Gasteiger partial charge is 0.497 e. The Bertz CT molecular complexity index is 1500. The van der Waals surface area contributed by atoms with Gasteiger partial charge in [-0.05, 0) is 53.6 Å². The van der Waals surface area contributed by atoms with Gasteiger partial charge in [-0.3, -0.25) is 9.10 Å². The number of hydrogen-bond donors (Lipinski definition) is 1. The van der Waals surface area contributed by atoms with E-state index in [1.165, 1.54) is 23.5 Å². The van der Waals surface area contributed by atoms with Crippen molar-refractivity contribution >= 4 is 45.0 Å². The summed E-state index contributed by atoms with van der Waals surface area (Å²) in [6, 6.07) is 29.9. The van der Waals surface area contributed by atoms with Crippen LogP contribution in [0.3, 0.4) is 0 Å². The smallest absolute Gasteiger partial charge is 0.264 e. The minimum atomic E-state index is -4.02. The number of thioether (sulfide) groups is 1. The molecule has 9 heteroatoms. The van der Waals surface area contributed by atoms with Gasteiger partial charge in [-0.2, -0.15) is 11.8 Å². The van der Waals surface area contributed by atoms with Gasteiger partial charge in [0.2, 0.25) is 0 Å². The van der Waals surface area contributed by atoms with Crippen LogP contribution < -0.4 is 14.4 Å². The standard InChI is InChI=1S/C30H29ClN2O4S2/c1-37-25-15-17-26(18-16-25)39(35,36)33(21-23-9-3-2-4-10-23)29-14-8-6-12-27(29)30(34)32-19-20-38-22-24-11-5-7-13-28(24)31/h2-18H,19-22H2,1H3,(H,32,34). The van der Waals surface area contributed by atoms with Crippen molar-refractivity contribution in [2.45, 2.75) is 17.2 Å². The fourth-order valence-corrected chi connectivity index (χ4v) is 6.55. The van der Waals surface area contributed by atoms with E-state index < -0.39 is 10.0 Å². The molecule has 4 aromatic rings. The first-order chi connectivity index (χ1) is 18.9. The molecule has 4 rings (SSSR count). The maximum Gasteiger partial charge on any atom is 0.264 e. The minimum Gasteiger partial charge on any atom is -0.497 e. The summed E-state index contributed by atoms with van der Waals surface area (Å²) in [5.41, 5.74) is 2.42. The topological polar surface area (TPSA) is 75.7 Å². The molecule has 0 aromatic heterocycles. The van der Waals surface area contributed by atoms with Gasteiger partial charge < -0.3 is 10.1 Å². The molecule has 1 N–H and O–H groups in total. The Labute approximate surface area is 239 Å². The highest BCUT2D eigenvalue weighted by atomic mass is 35.5. The molecule has 0 aliphatic rings. The summed E-state index contributed by atoms with van der Waals surface area (Å²) in [6.07, 6.45) is 0. The second-order valence-corrected chi connectivity index (χ2v) is 12.0. The fourth-order valence-electron chi connectivity index (χ4n) is 3.94. The van der Waals surface area contributed by atoms with Gasteiger partial charge in [0.1, 0.15) is 5.75 Å². The number of anilines is 1. The van der Waals surface area contributed by atoms with Crippen molar-refractivity contribution in [2.75, 3.05) is 23.7 Å². The van der Waals surface area contributed by atoms with Crippen LogP contribution in [0.15, 0.2) is 108 Å². The normalized spacial score (nSPS) is 11.1. The van der Waals surface area contributed by atoms with Gasteiger partial charge in [-0.25, -0.2) is 8.42 Å². The highest BCUT2D eigenvalue weighted by Crippen LogP contribution is 2.30. The van der Waals surface area contributed by atoms with Crippen molar-refractivity contribution in [3.8, 4) is 5.75 Å². The number of carbonyl (C=O) groups excluding carboxylic acids is 1. The Morgan fingerprint density at radius 1 is 0.897 bits per heavy atom. The van der Waals surface area contributed by atoms with Crippen LogP contribution in [0.4, 0.5) is 5.69 Å². The lowest BCUT2D eigenvalue weighted by Gasteiger charge is -2.26. The van der Waals surface area contributed by atoms with E-state index in [1.807, 2.05) is 54.6 Å². The molecule has 0 saturated heterocycles. The molecule has 0 atom stereocenters. The number of hydrogen-bond acceptors (Lipinski definition) is 5. The summed E-state index contributed by atoms with van der Waals surface area (Å²) in [4.78, 5) is 13.4. The highest BCUT2D eigenvalue weighted by Gasteiger charge is 2.28. The molecule has 0 radical (unpaired) electrons. The molecule has 0 fully saturated rings. The fraction of sp³-hybridized carbons (Fsp3) is 0.167. The Kier molecular flexibility index (Phi) is 9.92. The number of para-hydroxylation sites is 1. The first kappa shape index (κ1) is 28.5. The summed E-state index contributed by atoms with van der Waals surface area (Å²) in [5.74, 6) is 1.62. The van der Waals surface area contributed by atoms with Crippen molar-refractivity contribution in [1.29, 1.82) is 0 Å². The molecular formula is C30H29ClN2O4S2. The monoisotopic (exact) mass is 580 g/mol. The third-order valence-corrected chi connectivity index (χ3v) is 9.13. The second-order valence-electron chi connectivity index (χ2n) is 8.59. The lowest BCUT2D eigenvalue weighted by molar-refractivity contribution is 0.0957. The number of nitrogens with zero attached hydrogens (tertiary/aromatic N) is 1. The van der Waals surface area contributed by atoms with E-state index in [2.05, 4.69) is 5.32 Å². The third-order valence-electron chi connectivity index (χ3n) is 5.98. The molecule has 0 aliphatic heterocycles. The SMILES string of the molecule is COc1ccc(S(=O)(=O)N(Cc2ccccc2)c2ccccc2C(=O)NCCSCc2ccccc2Cl)cc1. The number of benzene rings is 4. The molecule has 4 aromatic carbocycles. The quantitative estimate of drug-likeness (QED) is 0.196. The zero-order chi connectivity index (χ0) is 27.7. The molecule has 6 nitrogen and oxygen atoms in total. The number of carbonyl (C=O) groups is 1. The molecular weight excluding hydrogens is 552 g/mol. The Balaban J connectivity index is 1.55. The summed E-state index contributed by atoms with van der Waals surface area (Å²) in [5, 5.41) is 3.66. The Morgan fingerprint density at radius 3 is 2.28 bits per heavy atom. The molecule has 0 unspecified atom stereocenters. The highest BCUT2D eigenvalue weighted by molar-refractivity contribution is 7.98. The zero-order valence-corrected chi connectivity index (χ0v) is 23.8. The second kappa shape index (κ2) is 13.6. The van der Waals surface area contributed by atoms with Crippen molar-refractivity contribution in [1.82, 2.24) is 5.32 Å². The van der Waals surface area contributed by atoms with Crippen molar-refractivity contribution in [2.24, 2.45) is 0 Å². The Hall–Kier alpha value is -3.46. The van der Waals surface area contributed by atoms with Gasteiger partial charge in [0.05, 0.1) is 29.8 Å². The van der Waals surface area contributed by atoms with Crippen LogP contribution in [0.1, 0.15) is 21.5 Å². The summed E-state index contributed by atoms with van der Waals surface area (Å²) < 4.78 is 34.3. The Morgan fingerprint density at radius 2 is 1.56 bits per heavy atom. The molecule has 39 heavy (non-hydrogen) atoms. The number of halogens is 1. The molecule has 0 saturated carbocycles. The van der Waals surface area contributed by atoms with Crippen LogP contribution in [0.2, 0.25) is 5.02 Å².